The van der Waals surface area contributed by atoms with Crippen LogP contribution in [0.5, 0.6) is 0 Å². The SMILES string of the molecule is CCNc1nc(NC2CC(C)C2)nc(N2CCCCC2)n1. The van der Waals surface area contributed by atoms with Gasteiger partial charge in [-0.25, -0.2) is 0 Å². The van der Waals surface area contributed by atoms with Gasteiger partial charge in [-0.15, -0.1) is 0 Å². The van der Waals surface area contributed by atoms with Gasteiger partial charge >= 0.3 is 0 Å². The number of anilines is 3. The summed E-state index contributed by atoms with van der Waals surface area (Å²) in [6.07, 6.45) is 6.19. The molecule has 1 saturated carbocycles. The maximum Gasteiger partial charge on any atom is 0.231 e. The van der Waals surface area contributed by atoms with Crippen LogP contribution in [0.3, 0.4) is 0 Å². The fourth-order valence-electron chi connectivity index (χ4n) is 3.10. The molecule has 6 nitrogen and oxygen atoms in total. The molecule has 2 fully saturated rings. The zero-order chi connectivity index (χ0) is 14.7. The average molecular weight is 290 g/mol. The number of rotatable bonds is 5. The van der Waals surface area contributed by atoms with Gasteiger partial charge < -0.3 is 15.5 Å². The number of nitrogens with one attached hydrogen (secondary N) is 2. The van der Waals surface area contributed by atoms with E-state index in [0.717, 1.165) is 37.4 Å². The zero-order valence-electron chi connectivity index (χ0n) is 13.1. The summed E-state index contributed by atoms with van der Waals surface area (Å²) < 4.78 is 0. The molecule has 116 valence electrons. The van der Waals surface area contributed by atoms with Gasteiger partial charge in [0.25, 0.3) is 0 Å². The molecule has 1 aliphatic heterocycles. The van der Waals surface area contributed by atoms with Crippen LogP contribution in [-0.2, 0) is 0 Å². The van der Waals surface area contributed by atoms with Crippen molar-refractivity contribution in [2.75, 3.05) is 35.2 Å². The van der Waals surface area contributed by atoms with E-state index in [1.165, 1.54) is 32.1 Å². The molecule has 1 aromatic heterocycles. The van der Waals surface area contributed by atoms with Crippen molar-refractivity contribution in [1.29, 1.82) is 0 Å². The third-order valence-corrected chi connectivity index (χ3v) is 4.30. The van der Waals surface area contributed by atoms with Gasteiger partial charge in [0.15, 0.2) is 0 Å². The summed E-state index contributed by atoms with van der Waals surface area (Å²) in [4.78, 5) is 16.0. The first-order chi connectivity index (χ1) is 10.2. The second-order valence-corrected chi connectivity index (χ2v) is 6.28. The molecule has 0 amide bonds. The summed E-state index contributed by atoms with van der Waals surface area (Å²) >= 11 is 0. The second kappa shape index (κ2) is 6.45. The predicted molar refractivity (Wildman–Crippen MR) is 85.9 cm³/mol. The summed E-state index contributed by atoms with van der Waals surface area (Å²) in [6.45, 7) is 7.27. The maximum absolute atomic E-state index is 4.64. The van der Waals surface area contributed by atoms with Crippen molar-refractivity contribution < 1.29 is 0 Å². The van der Waals surface area contributed by atoms with Crippen LogP contribution in [-0.4, -0.2) is 40.6 Å². The fraction of sp³-hybridized carbons (Fsp3) is 0.800. The van der Waals surface area contributed by atoms with Crippen LogP contribution < -0.4 is 15.5 Å². The second-order valence-electron chi connectivity index (χ2n) is 6.28. The van der Waals surface area contributed by atoms with E-state index in [0.29, 0.717) is 12.0 Å². The lowest BCUT2D eigenvalue weighted by atomic mass is 9.82. The van der Waals surface area contributed by atoms with Gasteiger partial charge in [0.05, 0.1) is 0 Å². The topological polar surface area (TPSA) is 66.0 Å². The lowest BCUT2D eigenvalue weighted by Gasteiger charge is -2.33. The monoisotopic (exact) mass is 290 g/mol. The van der Waals surface area contributed by atoms with E-state index in [1.807, 2.05) is 0 Å². The molecule has 0 atom stereocenters. The highest BCUT2D eigenvalue weighted by atomic mass is 15.3. The minimum Gasteiger partial charge on any atom is -0.354 e. The Morgan fingerprint density at radius 3 is 2.43 bits per heavy atom. The lowest BCUT2D eigenvalue weighted by molar-refractivity contribution is 0.308. The van der Waals surface area contributed by atoms with E-state index < -0.39 is 0 Å². The maximum atomic E-state index is 4.64. The summed E-state index contributed by atoms with van der Waals surface area (Å²) in [7, 11) is 0. The number of aromatic nitrogens is 3. The zero-order valence-corrected chi connectivity index (χ0v) is 13.1. The molecular formula is C15H26N6. The minimum atomic E-state index is 0.520. The quantitative estimate of drug-likeness (QED) is 0.868. The van der Waals surface area contributed by atoms with E-state index in [2.05, 4.69) is 44.3 Å². The van der Waals surface area contributed by atoms with Crippen LogP contribution in [0, 0.1) is 5.92 Å². The molecule has 0 radical (unpaired) electrons. The Labute approximate surface area is 126 Å². The lowest BCUT2D eigenvalue weighted by Crippen LogP contribution is -2.35. The first-order valence-electron chi connectivity index (χ1n) is 8.26. The minimum absolute atomic E-state index is 0.520. The Hall–Kier alpha value is -1.59. The number of nitrogens with zero attached hydrogens (tertiary/aromatic N) is 4. The van der Waals surface area contributed by atoms with Gasteiger partial charge in [-0.2, -0.15) is 15.0 Å². The van der Waals surface area contributed by atoms with E-state index in [-0.39, 0.29) is 0 Å². The molecular weight excluding hydrogens is 264 g/mol. The third kappa shape index (κ3) is 3.54. The van der Waals surface area contributed by atoms with Gasteiger partial charge in [0, 0.05) is 25.7 Å². The van der Waals surface area contributed by atoms with Gasteiger partial charge in [0.1, 0.15) is 0 Å². The number of hydrogen-bond acceptors (Lipinski definition) is 6. The standard InChI is InChI=1S/C15H26N6/c1-3-16-13-18-14(17-12-9-11(2)10-12)20-15(19-13)21-7-5-4-6-8-21/h11-12H,3-10H2,1-2H3,(H2,16,17,18,19,20). The molecule has 2 heterocycles. The van der Waals surface area contributed by atoms with Crippen LogP contribution in [0.15, 0.2) is 0 Å². The Kier molecular flexibility index (Phi) is 4.41. The molecule has 0 spiro atoms. The average Bonchev–Trinajstić information content (AvgIpc) is 2.47. The van der Waals surface area contributed by atoms with Crippen LogP contribution in [0.4, 0.5) is 17.8 Å². The largest absolute Gasteiger partial charge is 0.354 e. The third-order valence-electron chi connectivity index (χ3n) is 4.30. The summed E-state index contributed by atoms with van der Waals surface area (Å²) in [5, 5.41) is 6.67. The van der Waals surface area contributed by atoms with Crippen molar-refractivity contribution in [2.24, 2.45) is 5.92 Å². The van der Waals surface area contributed by atoms with Crippen molar-refractivity contribution in [2.45, 2.75) is 52.0 Å². The van der Waals surface area contributed by atoms with Gasteiger partial charge in [0.2, 0.25) is 17.8 Å². The Morgan fingerprint density at radius 1 is 1.05 bits per heavy atom. The van der Waals surface area contributed by atoms with Crippen LogP contribution in [0.2, 0.25) is 0 Å². The Bertz CT molecular complexity index is 465. The van der Waals surface area contributed by atoms with E-state index >= 15 is 0 Å². The first kappa shape index (κ1) is 14.4. The highest BCUT2D eigenvalue weighted by Crippen LogP contribution is 2.29. The highest BCUT2D eigenvalue weighted by molar-refractivity contribution is 5.44. The molecule has 2 N–H and O–H groups in total. The van der Waals surface area contributed by atoms with Crippen molar-refractivity contribution in [3.8, 4) is 0 Å². The fourth-order valence-corrected chi connectivity index (χ4v) is 3.10. The molecule has 21 heavy (non-hydrogen) atoms. The Morgan fingerprint density at radius 2 is 1.76 bits per heavy atom. The smallest absolute Gasteiger partial charge is 0.231 e. The van der Waals surface area contributed by atoms with Gasteiger partial charge in [-0.05, 0) is 44.9 Å². The molecule has 0 aromatic carbocycles. The van der Waals surface area contributed by atoms with Crippen LogP contribution in [0.1, 0.15) is 46.0 Å². The molecule has 2 aliphatic rings. The number of piperidine rings is 1. The Balaban J connectivity index is 1.75. The van der Waals surface area contributed by atoms with E-state index in [9.17, 15) is 0 Å². The van der Waals surface area contributed by atoms with Crippen LogP contribution >= 0.6 is 0 Å². The molecule has 0 unspecified atom stereocenters. The summed E-state index contributed by atoms with van der Waals surface area (Å²) in [6, 6.07) is 0.520. The van der Waals surface area contributed by atoms with E-state index in [1.54, 1.807) is 0 Å². The van der Waals surface area contributed by atoms with Crippen LogP contribution in [0.25, 0.3) is 0 Å². The molecule has 0 bridgehead atoms. The van der Waals surface area contributed by atoms with Gasteiger partial charge in [-0.1, -0.05) is 6.92 Å². The van der Waals surface area contributed by atoms with E-state index in [4.69, 9.17) is 0 Å². The predicted octanol–water partition coefficient (Wildman–Crippen LogP) is 2.50. The summed E-state index contributed by atoms with van der Waals surface area (Å²) in [5.74, 6) is 3.04. The van der Waals surface area contributed by atoms with Gasteiger partial charge in [-0.3, -0.25) is 0 Å². The summed E-state index contributed by atoms with van der Waals surface area (Å²) in [5.41, 5.74) is 0. The number of hydrogen-bond donors (Lipinski definition) is 2. The van der Waals surface area contributed by atoms with Crippen molar-refractivity contribution in [3.05, 3.63) is 0 Å². The molecule has 1 saturated heterocycles. The molecule has 1 aliphatic carbocycles. The first-order valence-corrected chi connectivity index (χ1v) is 8.26. The molecule has 6 heteroatoms. The highest BCUT2D eigenvalue weighted by Gasteiger charge is 2.26. The van der Waals surface area contributed by atoms with Crippen molar-refractivity contribution in [1.82, 2.24) is 15.0 Å². The molecule has 3 rings (SSSR count). The molecule has 1 aromatic rings. The normalized spacial score (nSPS) is 25.3. The van der Waals surface area contributed by atoms with Crippen molar-refractivity contribution >= 4 is 17.8 Å². The van der Waals surface area contributed by atoms with Crippen molar-refractivity contribution in [3.63, 3.8) is 0 Å².